The Bertz CT molecular complexity index is 1030. The molecule has 3 rings (SSSR count). The zero-order valence-electron chi connectivity index (χ0n) is 15.3. The summed E-state index contributed by atoms with van der Waals surface area (Å²) < 4.78 is 23.5. The first-order valence-electron chi connectivity index (χ1n) is 8.81. The monoisotopic (exact) mass is 399 g/mol. The van der Waals surface area contributed by atoms with E-state index in [1.807, 2.05) is 0 Å². The minimum atomic E-state index is -0.801. The van der Waals surface area contributed by atoms with Crippen molar-refractivity contribution >= 4 is 11.9 Å². The number of carbonyl (C=O) groups is 2. The van der Waals surface area contributed by atoms with Crippen LogP contribution in [0.4, 0.5) is 4.39 Å². The van der Waals surface area contributed by atoms with Crippen LogP contribution in [0.3, 0.4) is 0 Å². The van der Waals surface area contributed by atoms with Gasteiger partial charge < -0.3 is 14.5 Å². The zero-order chi connectivity index (χ0) is 20.6. The Balaban J connectivity index is 1.42. The van der Waals surface area contributed by atoms with Crippen LogP contribution in [-0.2, 0) is 27.3 Å². The summed E-state index contributed by atoms with van der Waals surface area (Å²) in [4.78, 5) is 35.4. The van der Waals surface area contributed by atoms with E-state index in [2.05, 4.69) is 10.4 Å². The van der Waals surface area contributed by atoms with Crippen molar-refractivity contribution < 1.29 is 23.1 Å². The van der Waals surface area contributed by atoms with E-state index in [1.54, 1.807) is 42.5 Å². The van der Waals surface area contributed by atoms with Gasteiger partial charge in [0.05, 0.1) is 0 Å². The molecule has 3 aromatic rings. The van der Waals surface area contributed by atoms with E-state index in [1.165, 1.54) is 12.1 Å². The number of amides is 1. The maximum Gasteiger partial charge on any atom is 0.437 e. The summed E-state index contributed by atoms with van der Waals surface area (Å²) in [5.74, 6) is -2.33. The number of hydrogen-bond donors (Lipinski definition) is 1. The Hall–Kier alpha value is -3.75. The molecule has 0 bridgehead atoms. The van der Waals surface area contributed by atoms with Gasteiger partial charge in [-0.25, -0.2) is 9.18 Å². The van der Waals surface area contributed by atoms with E-state index < -0.39 is 30.8 Å². The summed E-state index contributed by atoms with van der Waals surface area (Å²) >= 11 is 0. The van der Waals surface area contributed by atoms with Crippen LogP contribution in [0.5, 0.6) is 0 Å². The number of benzene rings is 2. The van der Waals surface area contributed by atoms with Gasteiger partial charge in [-0.2, -0.15) is 4.68 Å². The zero-order valence-corrected chi connectivity index (χ0v) is 15.3. The van der Waals surface area contributed by atoms with Crippen LogP contribution in [-0.4, -0.2) is 34.8 Å². The molecule has 1 aromatic heterocycles. The van der Waals surface area contributed by atoms with Crippen LogP contribution < -0.4 is 11.1 Å². The maximum atomic E-state index is 12.8. The SMILES string of the molecule is O=C(COC(=O)Cn1nc(-c2ccccc2)oc1=O)NCCc1ccc(F)cc1. The van der Waals surface area contributed by atoms with Crippen molar-refractivity contribution in [1.29, 1.82) is 0 Å². The third-order valence-electron chi connectivity index (χ3n) is 3.92. The number of carbonyl (C=O) groups excluding carboxylic acids is 2. The number of ether oxygens (including phenoxy) is 1. The highest BCUT2D eigenvalue weighted by Crippen LogP contribution is 2.13. The Morgan fingerprint density at radius 1 is 1.10 bits per heavy atom. The number of nitrogens with one attached hydrogen (secondary N) is 1. The van der Waals surface area contributed by atoms with Crippen LogP contribution in [0.25, 0.3) is 11.5 Å². The van der Waals surface area contributed by atoms with Gasteiger partial charge in [-0.05, 0) is 36.2 Å². The molecular formula is C20H18FN3O5. The fraction of sp³-hybridized carbons (Fsp3) is 0.200. The number of aromatic nitrogens is 2. The van der Waals surface area contributed by atoms with E-state index in [-0.39, 0.29) is 11.7 Å². The second-order valence-corrected chi connectivity index (χ2v) is 6.08. The van der Waals surface area contributed by atoms with E-state index in [0.717, 1.165) is 10.2 Å². The van der Waals surface area contributed by atoms with Gasteiger partial charge in [0.2, 0.25) is 5.89 Å². The topological polar surface area (TPSA) is 103 Å². The molecule has 0 aliphatic carbocycles. The molecule has 1 heterocycles. The Morgan fingerprint density at radius 3 is 2.55 bits per heavy atom. The minimum absolute atomic E-state index is 0.0851. The van der Waals surface area contributed by atoms with Gasteiger partial charge in [0.1, 0.15) is 12.4 Å². The van der Waals surface area contributed by atoms with Gasteiger partial charge in [0.25, 0.3) is 5.91 Å². The molecule has 8 nitrogen and oxygen atoms in total. The van der Waals surface area contributed by atoms with Crippen LogP contribution in [0, 0.1) is 5.82 Å². The average Bonchev–Trinajstić information content (AvgIpc) is 3.09. The van der Waals surface area contributed by atoms with Crippen molar-refractivity contribution in [3.05, 3.63) is 76.5 Å². The quantitative estimate of drug-likeness (QED) is 0.577. The molecule has 0 radical (unpaired) electrons. The van der Waals surface area contributed by atoms with E-state index in [0.29, 0.717) is 18.5 Å². The summed E-state index contributed by atoms with van der Waals surface area (Å²) in [6.45, 7) is -0.649. The molecule has 0 aliphatic rings. The lowest BCUT2D eigenvalue weighted by atomic mass is 10.1. The van der Waals surface area contributed by atoms with Crippen molar-refractivity contribution in [2.75, 3.05) is 13.2 Å². The Kier molecular flexibility index (Phi) is 6.51. The Morgan fingerprint density at radius 2 is 1.83 bits per heavy atom. The van der Waals surface area contributed by atoms with Crippen molar-refractivity contribution in [2.45, 2.75) is 13.0 Å². The smallest absolute Gasteiger partial charge is 0.437 e. The highest BCUT2D eigenvalue weighted by Gasteiger charge is 2.15. The normalized spacial score (nSPS) is 10.5. The molecule has 9 heteroatoms. The van der Waals surface area contributed by atoms with Crippen LogP contribution in [0.1, 0.15) is 5.56 Å². The van der Waals surface area contributed by atoms with Crippen molar-refractivity contribution in [1.82, 2.24) is 15.1 Å². The summed E-state index contributed by atoms with van der Waals surface area (Å²) in [5, 5.41) is 6.54. The molecule has 1 amide bonds. The predicted octanol–water partition coefficient (Wildman–Crippen LogP) is 1.54. The lowest BCUT2D eigenvalue weighted by Gasteiger charge is -2.06. The van der Waals surface area contributed by atoms with Gasteiger partial charge in [-0.15, -0.1) is 5.10 Å². The predicted molar refractivity (Wildman–Crippen MR) is 100 cm³/mol. The molecule has 1 N–H and O–H groups in total. The van der Waals surface area contributed by atoms with Crippen molar-refractivity contribution in [2.24, 2.45) is 0 Å². The van der Waals surface area contributed by atoms with Crippen molar-refractivity contribution in [3.8, 4) is 11.5 Å². The number of hydrogen-bond acceptors (Lipinski definition) is 6. The van der Waals surface area contributed by atoms with E-state index in [9.17, 15) is 18.8 Å². The molecule has 150 valence electrons. The van der Waals surface area contributed by atoms with Gasteiger partial charge >= 0.3 is 11.7 Å². The van der Waals surface area contributed by atoms with Gasteiger partial charge in [0.15, 0.2) is 6.61 Å². The van der Waals surface area contributed by atoms with E-state index in [4.69, 9.17) is 9.15 Å². The van der Waals surface area contributed by atoms with Gasteiger partial charge in [-0.3, -0.25) is 9.59 Å². The van der Waals surface area contributed by atoms with Crippen LogP contribution in [0.15, 0.2) is 63.8 Å². The first kappa shape index (κ1) is 20.0. The van der Waals surface area contributed by atoms with E-state index >= 15 is 0 Å². The summed E-state index contributed by atoms with van der Waals surface area (Å²) in [6, 6.07) is 14.7. The lowest BCUT2D eigenvalue weighted by molar-refractivity contribution is -0.149. The molecule has 29 heavy (non-hydrogen) atoms. The maximum absolute atomic E-state index is 12.8. The first-order chi connectivity index (χ1) is 14.0. The third-order valence-corrected chi connectivity index (χ3v) is 3.92. The van der Waals surface area contributed by atoms with Gasteiger partial charge in [0, 0.05) is 12.1 Å². The molecule has 0 atom stereocenters. The summed E-state index contributed by atoms with van der Waals surface area (Å²) in [5.41, 5.74) is 1.46. The van der Waals surface area contributed by atoms with Crippen LogP contribution >= 0.6 is 0 Å². The van der Waals surface area contributed by atoms with Gasteiger partial charge in [-0.1, -0.05) is 30.3 Å². The highest BCUT2D eigenvalue weighted by molar-refractivity contribution is 5.80. The molecule has 0 unspecified atom stereocenters. The number of esters is 1. The number of rotatable bonds is 8. The second-order valence-electron chi connectivity index (χ2n) is 6.08. The third kappa shape index (κ3) is 5.86. The average molecular weight is 399 g/mol. The van der Waals surface area contributed by atoms with Crippen LogP contribution in [0.2, 0.25) is 0 Å². The minimum Gasteiger partial charge on any atom is -0.454 e. The second kappa shape index (κ2) is 9.45. The lowest BCUT2D eigenvalue weighted by Crippen LogP contribution is -2.32. The molecule has 0 fully saturated rings. The first-order valence-corrected chi connectivity index (χ1v) is 8.81. The summed E-state index contributed by atoms with van der Waals surface area (Å²) in [6.07, 6.45) is 0.510. The highest BCUT2D eigenvalue weighted by atomic mass is 19.1. The fourth-order valence-corrected chi connectivity index (χ4v) is 2.47. The largest absolute Gasteiger partial charge is 0.454 e. The molecule has 0 saturated heterocycles. The van der Waals surface area contributed by atoms with Crippen molar-refractivity contribution in [3.63, 3.8) is 0 Å². The fourth-order valence-electron chi connectivity index (χ4n) is 2.47. The standard InChI is InChI=1S/C20H18FN3O5/c21-16-8-6-14(7-9-16)10-11-22-17(25)13-28-18(26)12-24-20(27)29-19(23-24)15-4-2-1-3-5-15/h1-9H,10-13H2,(H,22,25). The summed E-state index contributed by atoms with van der Waals surface area (Å²) in [7, 11) is 0. The molecular weight excluding hydrogens is 381 g/mol. The molecule has 0 saturated carbocycles. The Labute approximate surface area is 164 Å². The molecule has 2 aromatic carbocycles. The molecule has 0 aliphatic heterocycles. The number of halogens is 1. The molecule has 0 spiro atoms. The number of nitrogens with zero attached hydrogens (tertiary/aromatic N) is 2.